The molecule has 0 aliphatic carbocycles. The van der Waals surface area contributed by atoms with Gasteiger partial charge in [0.05, 0.1) is 0 Å². The first-order valence-electron chi connectivity index (χ1n) is 7.85. The van der Waals surface area contributed by atoms with Crippen molar-refractivity contribution >= 4 is 0 Å². The molecule has 0 radical (unpaired) electrons. The third kappa shape index (κ3) is 6.04. The molecule has 0 spiro atoms. The van der Waals surface area contributed by atoms with Crippen molar-refractivity contribution in [2.75, 3.05) is 6.54 Å². The van der Waals surface area contributed by atoms with Crippen molar-refractivity contribution < 1.29 is 4.39 Å². The molecule has 1 N–H and O–H groups in total. The van der Waals surface area contributed by atoms with Crippen LogP contribution in [0.4, 0.5) is 4.39 Å². The fourth-order valence-electron chi connectivity index (χ4n) is 2.72. The maximum Gasteiger partial charge on any atom is 0.123 e. The second-order valence-electron chi connectivity index (χ2n) is 6.80. The van der Waals surface area contributed by atoms with E-state index in [1.54, 1.807) is 12.1 Å². The Morgan fingerprint density at radius 1 is 1.00 bits per heavy atom. The van der Waals surface area contributed by atoms with Crippen molar-refractivity contribution in [1.29, 1.82) is 0 Å². The highest BCUT2D eigenvalue weighted by Gasteiger charge is 2.21. The molecule has 0 amide bonds. The lowest BCUT2D eigenvalue weighted by Gasteiger charge is -2.30. The van der Waals surface area contributed by atoms with Crippen LogP contribution >= 0.6 is 0 Å². The van der Waals surface area contributed by atoms with Crippen LogP contribution in [0.5, 0.6) is 0 Å². The molecule has 0 aliphatic rings. The van der Waals surface area contributed by atoms with E-state index in [1.165, 1.54) is 18.4 Å². The summed E-state index contributed by atoms with van der Waals surface area (Å²) in [6.45, 7) is 12.2. The van der Waals surface area contributed by atoms with Crippen molar-refractivity contribution in [2.45, 2.75) is 59.4 Å². The largest absolute Gasteiger partial charge is 0.312 e. The maximum absolute atomic E-state index is 13.0. The second kappa shape index (κ2) is 7.78. The molecule has 1 rings (SSSR count). The third-order valence-corrected chi connectivity index (χ3v) is 4.02. The first-order chi connectivity index (χ1) is 9.35. The normalized spacial score (nSPS) is 13.8. The molecule has 1 atom stereocenters. The van der Waals surface area contributed by atoms with Crippen LogP contribution in [0.1, 0.15) is 53.0 Å². The van der Waals surface area contributed by atoms with Crippen LogP contribution in [0.3, 0.4) is 0 Å². The van der Waals surface area contributed by atoms with E-state index >= 15 is 0 Å². The Balaban J connectivity index is 2.73. The van der Waals surface area contributed by atoms with E-state index in [2.05, 4.69) is 39.9 Å². The zero-order valence-corrected chi connectivity index (χ0v) is 13.7. The van der Waals surface area contributed by atoms with Gasteiger partial charge in [0, 0.05) is 5.54 Å². The Labute approximate surface area is 124 Å². The second-order valence-corrected chi connectivity index (χ2v) is 6.80. The quantitative estimate of drug-likeness (QED) is 0.755. The monoisotopic (exact) mass is 279 g/mol. The zero-order chi connectivity index (χ0) is 15.2. The predicted octanol–water partition coefficient (Wildman–Crippen LogP) is 4.81. The minimum Gasteiger partial charge on any atom is -0.312 e. The number of hydrogen-bond acceptors (Lipinski definition) is 1. The number of benzene rings is 1. The molecular formula is C18H30FN. The van der Waals surface area contributed by atoms with Gasteiger partial charge in [0.2, 0.25) is 0 Å². The molecule has 1 aromatic carbocycles. The predicted molar refractivity (Wildman–Crippen MR) is 85.4 cm³/mol. The average molecular weight is 279 g/mol. The average Bonchev–Trinajstić information content (AvgIpc) is 2.38. The minimum absolute atomic E-state index is 0.146. The highest BCUT2D eigenvalue weighted by Crippen LogP contribution is 2.24. The summed E-state index contributed by atoms with van der Waals surface area (Å²) in [5, 5.41) is 3.63. The zero-order valence-electron chi connectivity index (χ0n) is 13.7. The van der Waals surface area contributed by atoms with Crippen LogP contribution in [0.15, 0.2) is 24.3 Å². The van der Waals surface area contributed by atoms with Gasteiger partial charge in [-0.05, 0) is 63.3 Å². The summed E-state index contributed by atoms with van der Waals surface area (Å²) in [6.07, 6.45) is 3.43. The van der Waals surface area contributed by atoms with E-state index in [9.17, 15) is 4.39 Å². The van der Waals surface area contributed by atoms with Crippen LogP contribution < -0.4 is 5.32 Å². The van der Waals surface area contributed by atoms with Gasteiger partial charge in [-0.1, -0.05) is 38.8 Å². The van der Waals surface area contributed by atoms with Gasteiger partial charge in [-0.2, -0.15) is 0 Å². The van der Waals surface area contributed by atoms with E-state index in [1.807, 2.05) is 12.1 Å². The van der Waals surface area contributed by atoms with E-state index in [-0.39, 0.29) is 11.4 Å². The molecule has 0 aromatic heterocycles. The van der Waals surface area contributed by atoms with Gasteiger partial charge in [-0.25, -0.2) is 4.39 Å². The fourth-order valence-corrected chi connectivity index (χ4v) is 2.72. The fraction of sp³-hybridized carbons (Fsp3) is 0.667. The van der Waals surface area contributed by atoms with Gasteiger partial charge in [0.15, 0.2) is 0 Å². The lowest BCUT2D eigenvalue weighted by molar-refractivity contribution is 0.270. The van der Waals surface area contributed by atoms with Crippen molar-refractivity contribution in [3.8, 4) is 0 Å². The Hall–Kier alpha value is -0.890. The number of halogens is 1. The summed E-state index contributed by atoms with van der Waals surface area (Å²) in [5.74, 6) is 1.17. The lowest BCUT2D eigenvalue weighted by atomic mass is 9.83. The van der Waals surface area contributed by atoms with Gasteiger partial charge >= 0.3 is 0 Å². The first-order valence-corrected chi connectivity index (χ1v) is 7.85. The molecule has 0 saturated heterocycles. The van der Waals surface area contributed by atoms with Gasteiger partial charge in [-0.3, -0.25) is 0 Å². The number of rotatable bonds is 7. The van der Waals surface area contributed by atoms with Gasteiger partial charge in [0.25, 0.3) is 0 Å². The van der Waals surface area contributed by atoms with E-state index in [0.29, 0.717) is 5.92 Å². The molecule has 0 heterocycles. The van der Waals surface area contributed by atoms with Gasteiger partial charge < -0.3 is 5.32 Å². The Kier molecular flexibility index (Phi) is 6.67. The highest BCUT2D eigenvalue weighted by molar-refractivity contribution is 5.16. The molecule has 0 bridgehead atoms. The topological polar surface area (TPSA) is 12.0 Å². The van der Waals surface area contributed by atoms with Crippen LogP contribution in [-0.4, -0.2) is 12.1 Å². The summed E-state index contributed by atoms with van der Waals surface area (Å²) in [6, 6.07) is 6.97. The Morgan fingerprint density at radius 2 is 1.55 bits per heavy atom. The summed E-state index contributed by atoms with van der Waals surface area (Å²) in [7, 11) is 0. The number of nitrogens with one attached hydrogen (secondary N) is 1. The standard InChI is InChI=1S/C18H30FN/c1-6-15(7-2)16(13-20-18(3,4)5)12-14-8-10-17(19)11-9-14/h8-11,15-16,20H,6-7,12-13H2,1-5H3. The van der Waals surface area contributed by atoms with Crippen molar-refractivity contribution in [3.05, 3.63) is 35.6 Å². The molecule has 20 heavy (non-hydrogen) atoms. The third-order valence-electron chi connectivity index (χ3n) is 4.02. The molecule has 0 aliphatic heterocycles. The van der Waals surface area contributed by atoms with E-state index in [0.717, 1.165) is 18.9 Å². The SMILES string of the molecule is CCC(CC)C(CNC(C)(C)C)Cc1ccc(F)cc1. The molecule has 114 valence electrons. The van der Waals surface area contributed by atoms with Gasteiger partial charge in [-0.15, -0.1) is 0 Å². The Morgan fingerprint density at radius 3 is 2.00 bits per heavy atom. The summed E-state index contributed by atoms with van der Waals surface area (Å²) in [4.78, 5) is 0. The molecule has 0 saturated carbocycles. The maximum atomic E-state index is 13.0. The number of hydrogen-bond donors (Lipinski definition) is 1. The Bertz CT molecular complexity index is 373. The molecule has 1 aromatic rings. The van der Waals surface area contributed by atoms with Crippen LogP contribution in [0.2, 0.25) is 0 Å². The van der Waals surface area contributed by atoms with Crippen LogP contribution in [-0.2, 0) is 6.42 Å². The summed E-state index contributed by atoms with van der Waals surface area (Å²) in [5.41, 5.74) is 1.38. The van der Waals surface area contributed by atoms with Crippen molar-refractivity contribution in [3.63, 3.8) is 0 Å². The molecular weight excluding hydrogens is 249 g/mol. The first kappa shape index (κ1) is 17.2. The molecule has 0 fully saturated rings. The lowest BCUT2D eigenvalue weighted by Crippen LogP contribution is -2.41. The van der Waals surface area contributed by atoms with Crippen molar-refractivity contribution in [2.24, 2.45) is 11.8 Å². The molecule has 1 nitrogen and oxygen atoms in total. The minimum atomic E-state index is -0.152. The van der Waals surface area contributed by atoms with Crippen LogP contribution in [0, 0.1) is 17.7 Å². The summed E-state index contributed by atoms with van der Waals surface area (Å²) >= 11 is 0. The molecule has 1 unspecified atom stereocenters. The highest BCUT2D eigenvalue weighted by atomic mass is 19.1. The molecule has 2 heteroatoms. The van der Waals surface area contributed by atoms with Crippen LogP contribution in [0.25, 0.3) is 0 Å². The van der Waals surface area contributed by atoms with Crippen molar-refractivity contribution in [1.82, 2.24) is 5.32 Å². The van der Waals surface area contributed by atoms with Gasteiger partial charge in [0.1, 0.15) is 5.82 Å². The summed E-state index contributed by atoms with van der Waals surface area (Å²) < 4.78 is 13.0. The smallest absolute Gasteiger partial charge is 0.123 e. The van der Waals surface area contributed by atoms with E-state index < -0.39 is 0 Å². The van der Waals surface area contributed by atoms with E-state index in [4.69, 9.17) is 0 Å².